The molecule has 0 aliphatic carbocycles. The first kappa shape index (κ1) is 22.1. The molecule has 4 atom stereocenters. The molecule has 3 aromatic rings. The Morgan fingerprint density at radius 1 is 1.31 bits per heavy atom. The number of para-hydroxylation sites is 1. The number of fused-ring (bicyclic) bond motifs is 1. The van der Waals surface area contributed by atoms with Crippen molar-refractivity contribution in [1.29, 1.82) is 0 Å². The second-order valence-corrected chi connectivity index (χ2v) is 8.33. The minimum Gasteiger partial charge on any atom is -0.398 e. The molecule has 1 aliphatic heterocycles. The van der Waals surface area contributed by atoms with Crippen molar-refractivity contribution in [3.63, 3.8) is 0 Å². The molecule has 1 aromatic carbocycles. The summed E-state index contributed by atoms with van der Waals surface area (Å²) >= 11 is 0. The summed E-state index contributed by atoms with van der Waals surface area (Å²) in [6.07, 6.45) is -0.513. The van der Waals surface area contributed by atoms with Crippen LogP contribution in [0, 0.1) is 0 Å². The van der Waals surface area contributed by atoms with Gasteiger partial charge in [-0.15, -0.1) is 0 Å². The van der Waals surface area contributed by atoms with Crippen LogP contribution in [0.1, 0.15) is 10.4 Å². The van der Waals surface area contributed by atoms with Crippen LogP contribution in [-0.4, -0.2) is 66.0 Å². The minimum absolute atomic E-state index is 0.0501. The zero-order valence-electron chi connectivity index (χ0n) is 16.3. The van der Waals surface area contributed by atoms with Crippen molar-refractivity contribution in [2.45, 2.75) is 17.9 Å². The highest BCUT2D eigenvalue weighted by atomic mass is 31.2. The molecule has 14 nitrogen and oxygen atoms in total. The van der Waals surface area contributed by atoms with E-state index in [1.807, 2.05) is 0 Å². The van der Waals surface area contributed by atoms with E-state index in [-0.39, 0.29) is 28.2 Å². The number of anilines is 2. The fourth-order valence-corrected chi connectivity index (χ4v) is 3.92. The van der Waals surface area contributed by atoms with Crippen LogP contribution in [0.4, 0.5) is 11.5 Å². The van der Waals surface area contributed by atoms with Crippen LogP contribution >= 0.6 is 7.82 Å². The minimum atomic E-state index is -4.89. The van der Waals surface area contributed by atoms with Gasteiger partial charge in [-0.3, -0.25) is 14.0 Å². The molecule has 32 heavy (non-hydrogen) atoms. The average Bonchev–Trinajstić information content (AvgIpc) is 3.30. The summed E-state index contributed by atoms with van der Waals surface area (Å²) in [6.45, 7) is -1.10. The first-order valence-electron chi connectivity index (χ1n) is 9.14. The van der Waals surface area contributed by atoms with Gasteiger partial charge in [0.15, 0.2) is 17.2 Å². The molecule has 4 rings (SSSR count). The van der Waals surface area contributed by atoms with Gasteiger partial charge in [0.05, 0.1) is 25.1 Å². The molecule has 1 saturated heterocycles. The maximum atomic E-state index is 12.2. The van der Waals surface area contributed by atoms with E-state index in [0.717, 1.165) is 10.9 Å². The van der Waals surface area contributed by atoms with Crippen molar-refractivity contribution in [3.8, 4) is 0 Å². The molecule has 0 radical (unpaired) electrons. The number of hydrogen-bond donors (Lipinski definition) is 5. The predicted molar refractivity (Wildman–Crippen MR) is 108 cm³/mol. The SMILES string of the molecule is Nc1ccccc1C(=O)OP(=O)(O)OC[C@H]1OC[C@@](O)(n2cnc3c(N)ncnc32)[C@@H]1O. The Hall–Kier alpha value is -3.13. The summed E-state index contributed by atoms with van der Waals surface area (Å²) in [6, 6.07) is 5.80. The molecule has 1 fully saturated rings. The molecule has 3 heterocycles. The molecule has 1 unspecified atom stereocenters. The molecular formula is C17H19N6O8P. The Morgan fingerprint density at radius 2 is 2.06 bits per heavy atom. The van der Waals surface area contributed by atoms with E-state index in [4.69, 9.17) is 20.7 Å². The maximum Gasteiger partial charge on any atom is 0.529 e. The number of imidazole rings is 1. The smallest absolute Gasteiger partial charge is 0.398 e. The number of nitrogen functional groups attached to an aromatic ring is 2. The monoisotopic (exact) mass is 466 g/mol. The number of nitrogens with two attached hydrogens (primary N) is 2. The molecule has 0 amide bonds. The van der Waals surface area contributed by atoms with E-state index in [0.29, 0.717) is 0 Å². The number of carbonyl (C=O) groups is 1. The van der Waals surface area contributed by atoms with E-state index in [2.05, 4.69) is 19.5 Å². The van der Waals surface area contributed by atoms with Crippen LogP contribution in [0.2, 0.25) is 0 Å². The number of aromatic nitrogens is 4. The number of phosphoric ester groups is 1. The lowest BCUT2D eigenvalue weighted by atomic mass is 10.1. The van der Waals surface area contributed by atoms with Crippen molar-refractivity contribution in [3.05, 3.63) is 42.5 Å². The number of ether oxygens (including phenoxy) is 1. The molecule has 170 valence electrons. The van der Waals surface area contributed by atoms with Gasteiger partial charge in [0.25, 0.3) is 0 Å². The number of carbonyl (C=O) groups excluding carboxylic acids is 1. The second kappa shape index (κ2) is 8.09. The fraction of sp³-hybridized carbons (Fsp3) is 0.294. The predicted octanol–water partition coefficient (Wildman–Crippen LogP) is -0.631. The summed E-state index contributed by atoms with van der Waals surface area (Å²) in [5.74, 6) is -1.09. The van der Waals surface area contributed by atoms with Gasteiger partial charge in [-0.1, -0.05) is 12.1 Å². The summed E-state index contributed by atoms with van der Waals surface area (Å²) in [4.78, 5) is 33.8. The standard InChI is InChI=1S/C17H19N6O8P/c18-10-4-2-1-3-9(10)16(25)31-32(27,28)30-5-11-13(24)17(26,6-29-11)23-8-22-12-14(19)20-7-21-15(12)23/h1-4,7-8,11,13,24,26H,5-6,18H2,(H,27,28)(H2,19,20,21)/t11-,13-,17+/m1/s1. The average molecular weight is 466 g/mol. The summed E-state index contributed by atoms with van der Waals surface area (Å²) < 4.78 is 28.0. The zero-order valence-corrected chi connectivity index (χ0v) is 17.2. The van der Waals surface area contributed by atoms with Gasteiger partial charge in [-0.05, 0) is 12.1 Å². The maximum absolute atomic E-state index is 12.2. The summed E-state index contributed by atoms with van der Waals surface area (Å²) in [5, 5.41) is 21.6. The second-order valence-electron chi connectivity index (χ2n) is 6.95. The first-order valence-corrected chi connectivity index (χ1v) is 10.6. The van der Waals surface area contributed by atoms with Crippen LogP contribution in [-0.2, 0) is 24.1 Å². The number of aliphatic hydroxyl groups excluding tert-OH is 1. The molecule has 1 aliphatic rings. The first-order chi connectivity index (χ1) is 15.1. The molecule has 2 aromatic heterocycles. The van der Waals surface area contributed by atoms with Gasteiger partial charge in [-0.25, -0.2) is 24.3 Å². The van der Waals surface area contributed by atoms with Crippen molar-refractivity contribution in [2.75, 3.05) is 24.7 Å². The van der Waals surface area contributed by atoms with Crippen molar-refractivity contribution < 1.29 is 38.3 Å². The van der Waals surface area contributed by atoms with E-state index in [1.54, 1.807) is 6.07 Å². The Morgan fingerprint density at radius 3 is 2.81 bits per heavy atom. The lowest BCUT2D eigenvalue weighted by molar-refractivity contribution is -0.109. The van der Waals surface area contributed by atoms with Gasteiger partial charge < -0.3 is 30.9 Å². The third-order valence-corrected chi connectivity index (χ3v) is 5.77. The van der Waals surface area contributed by atoms with Gasteiger partial charge in [0.1, 0.15) is 24.1 Å². The third kappa shape index (κ3) is 3.90. The van der Waals surface area contributed by atoms with Crippen LogP contribution in [0.3, 0.4) is 0 Å². The number of rotatable bonds is 6. The Balaban J connectivity index is 1.44. The van der Waals surface area contributed by atoms with E-state index < -0.39 is 44.9 Å². The number of hydrogen-bond acceptors (Lipinski definition) is 12. The molecule has 15 heteroatoms. The molecule has 0 bridgehead atoms. The number of aliphatic hydroxyl groups is 2. The van der Waals surface area contributed by atoms with Crippen molar-refractivity contribution >= 4 is 36.5 Å². The number of nitrogens with zero attached hydrogens (tertiary/aromatic N) is 4. The van der Waals surface area contributed by atoms with Crippen LogP contribution in [0.5, 0.6) is 0 Å². The molecular weight excluding hydrogens is 447 g/mol. The fourth-order valence-electron chi connectivity index (χ4n) is 3.22. The largest absolute Gasteiger partial charge is 0.529 e. The highest BCUT2D eigenvalue weighted by Crippen LogP contribution is 2.45. The molecule has 0 spiro atoms. The molecule has 7 N–H and O–H groups in total. The lowest BCUT2D eigenvalue weighted by Gasteiger charge is -2.27. The number of benzene rings is 1. The van der Waals surface area contributed by atoms with Gasteiger partial charge >= 0.3 is 13.8 Å². The van der Waals surface area contributed by atoms with E-state index in [1.165, 1.54) is 24.5 Å². The quantitative estimate of drug-likeness (QED) is 0.226. The highest BCUT2D eigenvalue weighted by molar-refractivity contribution is 7.48. The van der Waals surface area contributed by atoms with Gasteiger partial charge in [0.2, 0.25) is 0 Å². The third-order valence-electron chi connectivity index (χ3n) is 4.90. The zero-order chi connectivity index (χ0) is 23.1. The topological polar surface area (TPSA) is 218 Å². The highest BCUT2D eigenvalue weighted by Gasteiger charge is 2.51. The lowest BCUT2D eigenvalue weighted by Crippen LogP contribution is -2.47. The summed E-state index contributed by atoms with van der Waals surface area (Å²) in [7, 11) is -4.89. The van der Waals surface area contributed by atoms with Crippen molar-refractivity contribution in [2.24, 2.45) is 0 Å². The summed E-state index contributed by atoms with van der Waals surface area (Å²) in [5.41, 5.74) is 9.62. The van der Waals surface area contributed by atoms with Gasteiger partial charge in [0, 0.05) is 5.69 Å². The Bertz CT molecular complexity index is 1220. The Kier molecular flexibility index (Phi) is 5.58. The van der Waals surface area contributed by atoms with Crippen molar-refractivity contribution in [1.82, 2.24) is 19.5 Å². The normalized spacial score (nSPS) is 25.0. The molecule has 0 saturated carbocycles. The number of phosphoric acid groups is 1. The van der Waals surface area contributed by atoms with E-state index in [9.17, 15) is 24.5 Å². The van der Waals surface area contributed by atoms with Crippen LogP contribution in [0.15, 0.2) is 36.9 Å². The van der Waals surface area contributed by atoms with Gasteiger partial charge in [-0.2, -0.15) is 0 Å². The van der Waals surface area contributed by atoms with E-state index >= 15 is 0 Å². The van der Waals surface area contributed by atoms with Crippen LogP contribution < -0.4 is 11.5 Å². The Labute approximate surface area is 180 Å². The van der Waals surface area contributed by atoms with Crippen LogP contribution in [0.25, 0.3) is 11.2 Å².